The SMILES string of the molecule is B=S(C)(=O)F. The topological polar surface area (TPSA) is 17.1 Å². The molecular weight excluding hydrogens is 89.9 g/mol. The van der Waals surface area contributed by atoms with Crippen molar-refractivity contribution in [3.63, 3.8) is 0 Å². The fraction of sp³-hybridized carbons (Fsp3) is 1.00. The second-order valence-corrected chi connectivity index (χ2v) is 2.70. The molecule has 30 valence electrons. The van der Waals surface area contributed by atoms with E-state index in [9.17, 15) is 8.09 Å². The molecule has 0 aromatic carbocycles. The van der Waals surface area contributed by atoms with Crippen LogP contribution in [0.4, 0.5) is 3.89 Å². The Balaban J connectivity index is 4.06. The maximum absolute atomic E-state index is 11.1. The molecule has 1 unspecified atom stereocenters. The van der Waals surface area contributed by atoms with Gasteiger partial charge in [0.25, 0.3) is 0 Å². The first-order valence-corrected chi connectivity index (χ1v) is 3.05. The summed E-state index contributed by atoms with van der Waals surface area (Å²) in [6.07, 6.45) is 0.938. The Labute approximate surface area is 31.8 Å². The zero-order valence-corrected chi connectivity index (χ0v) is 3.72. The van der Waals surface area contributed by atoms with E-state index in [1.54, 1.807) is 0 Å². The van der Waals surface area contributed by atoms with Gasteiger partial charge in [0.1, 0.15) is 0 Å². The molecule has 0 aliphatic rings. The number of halogens is 1. The molecule has 0 heterocycles. The van der Waals surface area contributed by atoms with Gasteiger partial charge in [0, 0.05) is 0 Å². The van der Waals surface area contributed by atoms with Crippen LogP contribution in [0.15, 0.2) is 0 Å². The van der Waals surface area contributed by atoms with Crippen LogP contribution in [0.1, 0.15) is 0 Å². The van der Waals surface area contributed by atoms with E-state index in [0.29, 0.717) is 0 Å². The number of hydrogen-bond acceptors (Lipinski definition) is 1. The first-order valence-electron chi connectivity index (χ1n) is 1.02. The minimum absolute atomic E-state index is 0.938. The van der Waals surface area contributed by atoms with Gasteiger partial charge in [-0.2, -0.15) is 0 Å². The third-order valence-corrected chi connectivity index (χ3v) is 0. The monoisotopic (exact) mass is 94.0 g/mol. The van der Waals surface area contributed by atoms with Gasteiger partial charge in [-0.15, -0.1) is 0 Å². The van der Waals surface area contributed by atoms with Gasteiger partial charge in [-0.1, -0.05) is 0 Å². The van der Waals surface area contributed by atoms with E-state index < -0.39 is 9.75 Å². The van der Waals surface area contributed by atoms with Gasteiger partial charge in [0.05, 0.1) is 0 Å². The van der Waals surface area contributed by atoms with Crippen LogP contribution in [-0.2, 0) is 9.75 Å². The Kier molecular flexibility index (Phi) is 1.12. The van der Waals surface area contributed by atoms with Crippen molar-refractivity contribution in [1.29, 1.82) is 0 Å². The third kappa shape index (κ3) is 908. The van der Waals surface area contributed by atoms with Gasteiger partial charge in [-0.3, -0.25) is 0 Å². The van der Waals surface area contributed by atoms with Crippen LogP contribution in [-0.4, -0.2) is 17.2 Å². The van der Waals surface area contributed by atoms with Gasteiger partial charge in [0.2, 0.25) is 0 Å². The molecule has 5 heavy (non-hydrogen) atoms. The number of hydrogen-bond donors (Lipinski definition) is 0. The molecule has 0 N–H and O–H groups in total. The van der Waals surface area contributed by atoms with E-state index in [4.69, 9.17) is 0 Å². The van der Waals surface area contributed by atoms with Gasteiger partial charge in [-0.05, 0) is 0 Å². The molecule has 0 aromatic rings. The second kappa shape index (κ2) is 1.09. The van der Waals surface area contributed by atoms with E-state index in [1.165, 1.54) is 0 Å². The standard InChI is InChI=1S/CH4BFOS/c1-5(2,3)4/h2H,1H3. The predicted octanol–water partition coefficient (Wildman–Crippen LogP) is -0.399. The van der Waals surface area contributed by atoms with E-state index in [2.05, 4.69) is 6.72 Å². The summed E-state index contributed by atoms with van der Waals surface area (Å²) in [7, 11) is -3.17. The molecule has 1 atom stereocenters. The molecule has 0 aromatic heterocycles. The molecule has 0 aliphatic carbocycles. The predicted molar refractivity (Wildman–Crippen MR) is 22.3 cm³/mol. The summed E-state index contributed by atoms with van der Waals surface area (Å²) < 4.78 is 20.5. The Morgan fingerprint density at radius 1 is 2.00 bits per heavy atom. The van der Waals surface area contributed by atoms with Crippen molar-refractivity contribution in [1.82, 2.24) is 0 Å². The van der Waals surface area contributed by atoms with Gasteiger partial charge >= 0.3 is 30.8 Å². The Hall–Kier alpha value is 0.145. The van der Waals surface area contributed by atoms with Crippen molar-refractivity contribution in [2.24, 2.45) is 0 Å². The molecule has 0 saturated heterocycles. The average molecular weight is 93.9 g/mol. The molecule has 0 amide bonds. The van der Waals surface area contributed by atoms with Crippen LogP contribution in [0.2, 0.25) is 0 Å². The normalized spacial score (nSPS) is 21.0. The maximum atomic E-state index is 11.1. The minimum atomic E-state index is -3.17. The molecule has 0 saturated carbocycles. The Morgan fingerprint density at radius 2 is 2.00 bits per heavy atom. The van der Waals surface area contributed by atoms with Crippen molar-refractivity contribution in [3.05, 3.63) is 0 Å². The van der Waals surface area contributed by atoms with Crippen molar-refractivity contribution in [3.8, 4) is 0 Å². The summed E-state index contributed by atoms with van der Waals surface area (Å²) >= 11 is 0. The molecule has 0 spiro atoms. The summed E-state index contributed by atoms with van der Waals surface area (Å²) in [6.45, 7) is 2.63. The fourth-order valence-corrected chi connectivity index (χ4v) is 0. The first kappa shape index (κ1) is 5.14. The summed E-state index contributed by atoms with van der Waals surface area (Å²) in [4.78, 5) is 0. The van der Waals surface area contributed by atoms with Crippen LogP contribution < -0.4 is 0 Å². The number of rotatable bonds is 0. The van der Waals surface area contributed by atoms with Crippen molar-refractivity contribution >= 4 is 16.5 Å². The zero-order chi connectivity index (χ0) is 4.50. The first-order chi connectivity index (χ1) is 2.00. The van der Waals surface area contributed by atoms with Crippen LogP contribution >= 0.6 is 0 Å². The molecule has 4 heteroatoms. The molecule has 0 fully saturated rings. The van der Waals surface area contributed by atoms with Crippen LogP contribution in [0.3, 0.4) is 0 Å². The van der Waals surface area contributed by atoms with Gasteiger partial charge in [-0.25, -0.2) is 0 Å². The van der Waals surface area contributed by atoms with Crippen molar-refractivity contribution in [2.45, 2.75) is 0 Å². The summed E-state index contributed by atoms with van der Waals surface area (Å²) in [5, 5.41) is 0. The average Bonchev–Trinajstić information content (AvgIpc) is 0.722. The van der Waals surface area contributed by atoms with Gasteiger partial charge < -0.3 is 0 Å². The molecule has 0 bridgehead atoms. The molecular formula is CH4BFOS. The van der Waals surface area contributed by atoms with E-state index in [-0.39, 0.29) is 0 Å². The third-order valence-electron chi connectivity index (χ3n) is 0. The molecule has 0 aliphatic heterocycles. The summed E-state index contributed by atoms with van der Waals surface area (Å²) in [6, 6.07) is 0. The molecule has 0 rings (SSSR count). The van der Waals surface area contributed by atoms with Crippen molar-refractivity contribution in [2.75, 3.05) is 6.26 Å². The molecule has 0 radical (unpaired) electrons. The van der Waals surface area contributed by atoms with Crippen LogP contribution in [0, 0.1) is 0 Å². The van der Waals surface area contributed by atoms with Crippen molar-refractivity contribution < 1.29 is 8.09 Å². The van der Waals surface area contributed by atoms with Crippen LogP contribution in [0.5, 0.6) is 0 Å². The quantitative estimate of drug-likeness (QED) is 0.295. The summed E-state index contributed by atoms with van der Waals surface area (Å²) in [5.74, 6) is 0. The van der Waals surface area contributed by atoms with E-state index >= 15 is 0 Å². The fourth-order valence-electron chi connectivity index (χ4n) is 0. The second-order valence-electron chi connectivity index (χ2n) is 0.900. The molecule has 1 nitrogen and oxygen atoms in total. The zero-order valence-electron chi connectivity index (χ0n) is 2.90. The van der Waals surface area contributed by atoms with Crippen LogP contribution in [0.25, 0.3) is 0 Å². The van der Waals surface area contributed by atoms with E-state index in [1.807, 2.05) is 0 Å². The van der Waals surface area contributed by atoms with E-state index in [0.717, 1.165) is 6.26 Å². The Morgan fingerprint density at radius 3 is 2.00 bits per heavy atom. The Bertz CT molecular complexity index is 94.8. The summed E-state index contributed by atoms with van der Waals surface area (Å²) in [5.41, 5.74) is 0. The van der Waals surface area contributed by atoms with Gasteiger partial charge in [0.15, 0.2) is 0 Å².